The third-order valence-corrected chi connectivity index (χ3v) is 3.86. The van der Waals surface area contributed by atoms with Crippen molar-refractivity contribution >= 4 is 0 Å². The first-order valence-corrected chi connectivity index (χ1v) is 7.01. The summed E-state index contributed by atoms with van der Waals surface area (Å²) in [6, 6.07) is 11.0. The Morgan fingerprint density at radius 1 is 1.24 bits per heavy atom. The van der Waals surface area contributed by atoms with E-state index in [-0.39, 0.29) is 17.6 Å². The van der Waals surface area contributed by atoms with E-state index in [9.17, 15) is 4.39 Å². The topological polar surface area (TPSA) is 44.5 Å². The predicted octanol–water partition coefficient (Wildman–Crippen LogP) is 3.36. The summed E-state index contributed by atoms with van der Waals surface area (Å²) in [5.41, 5.74) is 9.24. The largest absolute Gasteiger partial charge is 0.494 e. The van der Waals surface area contributed by atoms with E-state index < -0.39 is 0 Å². The van der Waals surface area contributed by atoms with Gasteiger partial charge >= 0.3 is 0 Å². The lowest BCUT2D eigenvalue weighted by Gasteiger charge is -2.10. The van der Waals surface area contributed by atoms with Crippen molar-refractivity contribution < 1.29 is 13.9 Å². The number of halogens is 1. The predicted molar refractivity (Wildman–Crippen MR) is 79.0 cm³/mol. The van der Waals surface area contributed by atoms with Crippen LogP contribution >= 0.6 is 0 Å². The molecule has 3 rings (SSSR count). The first-order chi connectivity index (χ1) is 10.2. The van der Waals surface area contributed by atoms with Crippen molar-refractivity contribution in [3.63, 3.8) is 0 Å². The standard InChI is InChI=1S/C17H18FNO2/c1-20-17-7-2-11(8-15(17)18)10-21-13-4-5-14-12(9-13)3-6-16(14)19/h2,4-5,7-9,16H,3,6,10,19H2,1H3. The van der Waals surface area contributed by atoms with Crippen molar-refractivity contribution in [3.8, 4) is 11.5 Å². The molecule has 0 bridgehead atoms. The molecule has 0 amide bonds. The van der Waals surface area contributed by atoms with Crippen LogP contribution in [0.5, 0.6) is 11.5 Å². The third kappa shape index (κ3) is 2.85. The maximum Gasteiger partial charge on any atom is 0.165 e. The summed E-state index contributed by atoms with van der Waals surface area (Å²) in [6.45, 7) is 0.325. The van der Waals surface area contributed by atoms with E-state index in [4.69, 9.17) is 15.2 Å². The molecule has 1 unspecified atom stereocenters. The number of benzene rings is 2. The Hall–Kier alpha value is -2.07. The maximum atomic E-state index is 13.6. The fourth-order valence-corrected chi connectivity index (χ4v) is 2.68. The fourth-order valence-electron chi connectivity index (χ4n) is 2.68. The highest BCUT2D eigenvalue weighted by Crippen LogP contribution is 2.32. The van der Waals surface area contributed by atoms with Crippen LogP contribution in [-0.2, 0) is 13.0 Å². The number of methoxy groups -OCH3 is 1. The van der Waals surface area contributed by atoms with E-state index in [1.54, 1.807) is 12.1 Å². The van der Waals surface area contributed by atoms with Crippen LogP contribution in [0.4, 0.5) is 4.39 Å². The Morgan fingerprint density at radius 2 is 2.10 bits per heavy atom. The van der Waals surface area contributed by atoms with Gasteiger partial charge in [-0.2, -0.15) is 0 Å². The lowest BCUT2D eigenvalue weighted by Crippen LogP contribution is -2.05. The van der Waals surface area contributed by atoms with Crippen LogP contribution in [0.1, 0.15) is 29.2 Å². The quantitative estimate of drug-likeness (QED) is 0.937. The molecule has 0 saturated carbocycles. The number of ether oxygens (including phenoxy) is 2. The minimum absolute atomic E-state index is 0.143. The number of fused-ring (bicyclic) bond motifs is 1. The average Bonchev–Trinajstić information content (AvgIpc) is 2.86. The Kier molecular flexibility index (Phi) is 3.80. The molecule has 1 aliphatic rings. The summed E-state index contributed by atoms with van der Waals surface area (Å²) in [6.07, 6.45) is 1.98. The first kappa shape index (κ1) is 13.9. The van der Waals surface area contributed by atoms with E-state index in [2.05, 4.69) is 0 Å². The molecule has 2 N–H and O–H groups in total. The van der Waals surface area contributed by atoms with Crippen LogP contribution in [0, 0.1) is 5.82 Å². The van der Waals surface area contributed by atoms with Gasteiger partial charge in [0.1, 0.15) is 12.4 Å². The molecular formula is C17H18FNO2. The van der Waals surface area contributed by atoms with E-state index in [0.717, 1.165) is 24.2 Å². The van der Waals surface area contributed by atoms with E-state index in [0.29, 0.717) is 6.61 Å². The second-order valence-electron chi connectivity index (χ2n) is 5.26. The lowest BCUT2D eigenvalue weighted by molar-refractivity contribution is 0.304. The maximum absolute atomic E-state index is 13.6. The molecule has 0 fully saturated rings. The highest BCUT2D eigenvalue weighted by Gasteiger charge is 2.19. The van der Waals surface area contributed by atoms with Crippen molar-refractivity contribution in [3.05, 3.63) is 58.9 Å². The molecular weight excluding hydrogens is 269 g/mol. The van der Waals surface area contributed by atoms with Gasteiger partial charge in [-0.1, -0.05) is 12.1 Å². The van der Waals surface area contributed by atoms with Gasteiger partial charge in [-0.25, -0.2) is 4.39 Å². The number of nitrogens with two attached hydrogens (primary N) is 1. The number of rotatable bonds is 4. The van der Waals surface area contributed by atoms with Gasteiger partial charge in [0.25, 0.3) is 0 Å². The Bertz CT molecular complexity index is 657. The summed E-state index contributed by atoms with van der Waals surface area (Å²) in [5, 5.41) is 0. The number of hydrogen-bond acceptors (Lipinski definition) is 3. The second kappa shape index (κ2) is 5.74. The summed E-state index contributed by atoms with van der Waals surface area (Å²) >= 11 is 0. The third-order valence-electron chi connectivity index (χ3n) is 3.86. The highest BCUT2D eigenvalue weighted by atomic mass is 19.1. The lowest BCUT2D eigenvalue weighted by atomic mass is 10.1. The molecule has 1 atom stereocenters. The van der Waals surface area contributed by atoms with Crippen molar-refractivity contribution in [1.29, 1.82) is 0 Å². The van der Waals surface area contributed by atoms with Gasteiger partial charge in [-0.15, -0.1) is 0 Å². The van der Waals surface area contributed by atoms with Gasteiger partial charge in [0, 0.05) is 6.04 Å². The van der Waals surface area contributed by atoms with Gasteiger partial charge in [-0.3, -0.25) is 0 Å². The van der Waals surface area contributed by atoms with Crippen molar-refractivity contribution in [1.82, 2.24) is 0 Å². The average molecular weight is 287 g/mol. The number of hydrogen-bond donors (Lipinski definition) is 1. The zero-order valence-electron chi connectivity index (χ0n) is 11.9. The molecule has 0 radical (unpaired) electrons. The van der Waals surface area contributed by atoms with Crippen molar-refractivity contribution in [2.24, 2.45) is 5.73 Å². The molecule has 0 heterocycles. The Balaban J connectivity index is 1.69. The molecule has 2 aromatic carbocycles. The SMILES string of the molecule is COc1ccc(COc2ccc3c(c2)CCC3N)cc1F. The second-order valence-corrected chi connectivity index (χ2v) is 5.26. The summed E-state index contributed by atoms with van der Waals surface area (Å²) in [5.74, 6) is 0.655. The van der Waals surface area contributed by atoms with Crippen LogP contribution in [0.15, 0.2) is 36.4 Å². The van der Waals surface area contributed by atoms with Crippen LogP contribution in [0.25, 0.3) is 0 Å². The van der Waals surface area contributed by atoms with Crippen LogP contribution in [0.3, 0.4) is 0 Å². The monoisotopic (exact) mass is 287 g/mol. The van der Waals surface area contributed by atoms with Gasteiger partial charge in [-0.05, 0) is 53.8 Å². The zero-order valence-corrected chi connectivity index (χ0v) is 11.9. The van der Waals surface area contributed by atoms with Crippen molar-refractivity contribution in [2.45, 2.75) is 25.5 Å². The molecule has 0 aromatic heterocycles. The van der Waals surface area contributed by atoms with Crippen LogP contribution in [0.2, 0.25) is 0 Å². The summed E-state index contributed by atoms with van der Waals surface area (Å²) in [7, 11) is 1.45. The van der Waals surface area contributed by atoms with Crippen LogP contribution in [-0.4, -0.2) is 7.11 Å². The molecule has 4 heteroatoms. The van der Waals surface area contributed by atoms with E-state index >= 15 is 0 Å². The van der Waals surface area contributed by atoms with E-state index in [1.807, 2.05) is 18.2 Å². The molecule has 2 aromatic rings. The fraction of sp³-hybridized carbons (Fsp3) is 0.294. The van der Waals surface area contributed by atoms with Gasteiger partial charge in [0.2, 0.25) is 0 Å². The molecule has 21 heavy (non-hydrogen) atoms. The summed E-state index contributed by atoms with van der Waals surface area (Å²) < 4.78 is 24.2. The Labute approximate surface area is 123 Å². The van der Waals surface area contributed by atoms with E-state index in [1.165, 1.54) is 24.3 Å². The van der Waals surface area contributed by atoms with Crippen LogP contribution < -0.4 is 15.2 Å². The molecule has 110 valence electrons. The smallest absolute Gasteiger partial charge is 0.165 e. The molecule has 1 aliphatic carbocycles. The minimum atomic E-state index is -0.376. The normalized spacial score (nSPS) is 16.6. The van der Waals surface area contributed by atoms with Gasteiger partial charge in [0.05, 0.1) is 7.11 Å². The zero-order chi connectivity index (χ0) is 14.8. The van der Waals surface area contributed by atoms with Gasteiger partial charge < -0.3 is 15.2 Å². The molecule has 3 nitrogen and oxygen atoms in total. The Morgan fingerprint density at radius 3 is 2.86 bits per heavy atom. The highest BCUT2D eigenvalue weighted by molar-refractivity contribution is 5.40. The number of aryl methyl sites for hydroxylation is 1. The molecule has 0 saturated heterocycles. The minimum Gasteiger partial charge on any atom is -0.494 e. The first-order valence-electron chi connectivity index (χ1n) is 7.01. The molecule has 0 aliphatic heterocycles. The summed E-state index contributed by atoms with van der Waals surface area (Å²) in [4.78, 5) is 0. The van der Waals surface area contributed by atoms with Crippen molar-refractivity contribution in [2.75, 3.05) is 7.11 Å². The molecule has 0 spiro atoms. The van der Waals surface area contributed by atoms with Gasteiger partial charge in [0.15, 0.2) is 11.6 Å².